The van der Waals surface area contributed by atoms with Crippen molar-refractivity contribution in [1.29, 1.82) is 0 Å². The van der Waals surface area contributed by atoms with E-state index in [-0.39, 0.29) is 5.78 Å². The molecule has 0 spiro atoms. The number of ether oxygens (including phenoxy) is 1. The first-order valence-corrected chi connectivity index (χ1v) is 6.58. The first kappa shape index (κ1) is 12.7. The van der Waals surface area contributed by atoms with Gasteiger partial charge >= 0.3 is 0 Å². The lowest BCUT2D eigenvalue weighted by atomic mass is 9.91. The van der Waals surface area contributed by atoms with E-state index in [9.17, 15) is 4.79 Å². The number of halogens is 2. The second kappa shape index (κ2) is 4.64. The zero-order valence-electron chi connectivity index (χ0n) is 9.90. The molecule has 1 atom stereocenters. The predicted octanol–water partition coefficient (Wildman–Crippen LogP) is 4.10. The monoisotopic (exact) mass is 292 g/mol. The van der Waals surface area contributed by atoms with Crippen molar-refractivity contribution in [3.8, 4) is 0 Å². The Bertz CT molecular complexity index is 631. The van der Waals surface area contributed by atoms with Gasteiger partial charge in [-0.2, -0.15) is 0 Å². The molecular weight excluding hydrogens is 283 g/mol. The molecule has 1 fully saturated rings. The van der Waals surface area contributed by atoms with Crippen LogP contribution in [0.3, 0.4) is 0 Å². The van der Waals surface area contributed by atoms with Gasteiger partial charge in [0.1, 0.15) is 0 Å². The lowest BCUT2D eigenvalue weighted by molar-refractivity contribution is 0.0871. The van der Waals surface area contributed by atoms with Gasteiger partial charge in [-0.25, -0.2) is 0 Å². The van der Waals surface area contributed by atoms with Crippen molar-refractivity contribution < 1.29 is 9.53 Å². The van der Waals surface area contributed by atoms with Crippen LogP contribution in [0, 0.1) is 0 Å². The molecule has 0 aliphatic carbocycles. The van der Waals surface area contributed by atoms with Gasteiger partial charge < -0.3 is 4.74 Å². The van der Waals surface area contributed by atoms with Crippen molar-refractivity contribution in [2.24, 2.45) is 0 Å². The molecule has 0 radical (unpaired) electrons. The van der Waals surface area contributed by atoms with Crippen LogP contribution >= 0.6 is 23.2 Å². The van der Waals surface area contributed by atoms with E-state index in [0.29, 0.717) is 22.2 Å². The summed E-state index contributed by atoms with van der Waals surface area (Å²) >= 11 is 12.0. The molecule has 0 N–H and O–H groups in total. The van der Waals surface area contributed by atoms with Gasteiger partial charge in [-0.05, 0) is 30.3 Å². The fraction of sp³-hybridized carbons (Fsp3) is 0.133. The zero-order chi connectivity index (χ0) is 13.5. The van der Waals surface area contributed by atoms with E-state index >= 15 is 0 Å². The standard InChI is InChI=1S/C15H10Cl2O2/c16-11-7-5-10(6-8-11)14(18)15(9-19-15)12-3-1-2-4-13(12)17/h1-8H,9H2. The van der Waals surface area contributed by atoms with Crippen LogP contribution in [0.1, 0.15) is 15.9 Å². The number of carbonyl (C=O) groups excluding carboxylic acids is 1. The summed E-state index contributed by atoms with van der Waals surface area (Å²) in [4.78, 5) is 12.6. The highest BCUT2D eigenvalue weighted by molar-refractivity contribution is 6.32. The highest BCUT2D eigenvalue weighted by atomic mass is 35.5. The predicted molar refractivity (Wildman–Crippen MR) is 74.9 cm³/mol. The Morgan fingerprint density at radius 1 is 1.05 bits per heavy atom. The smallest absolute Gasteiger partial charge is 0.201 e. The third-order valence-electron chi connectivity index (χ3n) is 3.22. The molecule has 1 unspecified atom stereocenters. The van der Waals surface area contributed by atoms with Gasteiger partial charge in [0.05, 0.1) is 6.61 Å². The molecule has 1 aliphatic heterocycles. The first-order valence-electron chi connectivity index (χ1n) is 5.83. The third kappa shape index (κ3) is 2.16. The molecule has 2 aromatic rings. The second-order valence-corrected chi connectivity index (χ2v) is 5.28. The van der Waals surface area contributed by atoms with Gasteiger partial charge in [0.15, 0.2) is 5.60 Å². The van der Waals surface area contributed by atoms with Gasteiger partial charge in [-0.1, -0.05) is 41.4 Å². The van der Waals surface area contributed by atoms with Crippen molar-refractivity contribution in [2.75, 3.05) is 6.61 Å². The Kier molecular flexibility index (Phi) is 3.09. The molecule has 4 heteroatoms. The molecule has 0 aromatic heterocycles. The molecule has 3 rings (SSSR count). The maximum Gasteiger partial charge on any atom is 0.201 e. The van der Waals surface area contributed by atoms with Gasteiger partial charge in [-0.3, -0.25) is 4.79 Å². The molecule has 0 amide bonds. The minimum Gasteiger partial charge on any atom is -0.356 e. The average molecular weight is 293 g/mol. The SMILES string of the molecule is O=C(c1ccc(Cl)cc1)C1(c2ccccc2Cl)CO1. The highest BCUT2D eigenvalue weighted by Gasteiger charge is 2.54. The Morgan fingerprint density at radius 3 is 2.26 bits per heavy atom. The molecule has 0 bridgehead atoms. The number of rotatable bonds is 3. The van der Waals surface area contributed by atoms with E-state index in [1.54, 1.807) is 30.3 Å². The number of ketones is 1. The fourth-order valence-electron chi connectivity index (χ4n) is 2.10. The van der Waals surface area contributed by atoms with E-state index in [4.69, 9.17) is 27.9 Å². The number of hydrogen-bond donors (Lipinski definition) is 0. The Balaban J connectivity index is 2.00. The van der Waals surface area contributed by atoms with Crippen molar-refractivity contribution >= 4 is 29.0 Å². The lowest BCUT2D eigenvalue weighted by Gasteiger charge is -2.13. The Hall–Kier alpha value is -1.35. The van der Waals surface area contributed by atoms with Crippen LogP contribution in [-0.4, -0.2) is 12.4 Å². The highest BCUT2D eigenvalue weighted by Crippen LogP contribution is 2.44. The Labute approximate surface area is 120 Å². The van der Waals surface area contributed by atoms with Crippen molar-refractivity contribution in [1.82, 2.24) is 0 Å². The molecule has 19 heavy (non-hydrogen) atoms. The minimum atomic E-state index is -0.924. The minimum absolute atomic E-state index is 0.0859. The number of epoxide rings is 1. The van der Waals surface area contributed by atoms with Crippen LogP contribution in [0.2, 0.25) is 10.0 Å². The normalized spacial score (nSPS) is 21.2. The fourth-order valence-corrected chi connectivity index (χ4v) is 2.52. The summed E-state index contributed by atoms with van der Waals surface area (Å²) in [5.74, 6) is -0.0859. The number of hydrogen-bond acceptors (Lipinski definition) is 2. The largest absolute Gasteiger partial charge is 0.356 e. The summed E-state index contributed by atoms with van der Waals surface area (Å²) in [6.45, 7) is 0.359. The van der Waals surface area contributed by atoms with Crippen LogP contribution in [-0.2, 0) is 10.3 Å². The summed E-state index contributed by atoms with van der Waals surface area (Å²) in [5, 5.41) is 1.14. The summed E-state index contributed by atoms with van der Waals surface area (Å²) in [5.41, 5.74) is 0.366. The topological polar surface area (TPSA) is 29.6 Å². The second-order valence-electron chi connectivity index (χ2n) is 4.43. The maximum atomic E-state index is 12.6. The van der Waals surface area contributed by atoms with E-state index in [1.165, 1.54) is 0 Å². The van der Waals surface area contributed by atoms with E-state index < -0.39 is 5.60 Å². The average Bonchev–Trinajstić information content (AvgIpc) is 3.21. The molecule has 2 aromatic carbocycles. The van der Waals surface area contributed by atoms with Gasteiger partial charge in [-0.15, -0.1) is 0 Å². The van der Waals surface area contributed by atoms with E-state index in [1.807, 2.05) is 18.2 Å². The van der Waals surface area contributed by atoms with Gasteiger partial charge in [0, 0.05) is 21.2 Å². The summed E-state index contributed by atoms with van der Waals surface area (Å²) in [6, 6.07) is 14.0. The van der Waals surface area contributed by atoms with Crippen LogP contribution in [0.25, 0.3) is 0 Å². The Morgan fingerprint density at radius 2 is 1.68 bits per heavy atom. The summed E-state index contributed by atoms with van der Waals surface area (Å²) < 4.78 is 5.44. The molecule has 1 heterocycles. The van der Waals surface area contributed by atoms with Crippen LogP contribution in [0.15, 0.2) is 48.5 Å². The van der Waals surface area contributed by atoms with Crippen molar-refractivity contribution in [2.45, 2.75) is 5.60 Å². The van der Waals surface area contributed by atoms with Crippen molar-refractivity contribution in [3.05, 3.63) is 69.7 Å². The molecular formula is C15H10Cl2O2. The zero-order valence-corrected chi connectivity index (χ0v) is 11.4. The molecule has 96 valence electrons. The lowest BCUT2D eigenvalue weighted by Crippen LogP contribution is -2.22. The number of carbonyl (C=O) groups is 1. The van der Waals surface area contributed by atoms with Crippen LogP contribution in [0.4, 0.5) is 0 Å². The summed E-state index contributed by atoms with van der Waals surface area (Å²) in [6.07, 6.45) is 0. The maximum absolute atomic E-state index is 12.6. The number of Topliss-reactive ketones (excluding diaryl/α,β-unsaturated/α-hetero) is 1. The van der Waals surface area contributed by atoms with Crippen LogP contribution < -0.4 is 0 Å². The van der Waals surface area contributed by atoms with Crippen LogP contribution in [0.5, 0.6) is 0 Å². The van der Waals surface area contributed by atoms with E-state index in [0.717, 1.165) is 5.56 Å². The van der Waals surface area contributed by atoms with E-state index in [2.05, 4.69) is 0 Å². The quantitative estimate of drug-likeness (QED) is 0.630. The number of benzene rings is 2. The molecule has 1 saturated heterocycles. The summed E-state index contributed by atoms with van der Waals surface area (Å²) in [7, 11) is 0. The molecule has 1 aliphatic rings. The first-order chi connectivity index (χ1) is 9.13. The molecule has 0 saturated carbocycles. The van der Waals surface area contributed by atoms with Gasteiger partial charge in [0.2, 0.25) is 5.78 Å². The third-order valence-corrected chi connectivity index (χ3v) is 3.80. The van der Waals surface area contributed by atoms with Crippen molar-refractivity contribution in [3.63, 3.8) is 0 Å². The molecule has 2 nitrogen and oxygen atoms in total. The van der Waals surface area contributed by atoms with Gasteiger partial charge in [0.25, 0.3) is 0 Å².